The van der Waals surface area contributed by atoms with Gasteiger partial charge >= 0.3 is 0 Å². The Kier molecular flexibility index (Phi) is 7.07. The third-order valence-corrected chi connectivity index (χ3v) is 6.63. The molecule has 2 N–H and O–H groups in total. The molecule has 5 rings (SSSR count). The molecule has 1 aliphatic heterocycles. The molecule has 4 aromatic rings. The zero-order valence-corrected chi connectivity index (χ0v) is 19.7. The third kappa shape index (κ3) is 5.52. The van der Waals surface area contributed by atoms with Gasteiger partial charge in [-0.3, -0.25) is 0 Å². The zero-order valence-electron chi connectivity index (χ0n) is 19.0. The van der Waals surface area contributed by atoms with Crippen molar-refractivity contribution < 1.29 is 28.5 Å². The number of furan rings is 1. The summed E-state index contributed by atoms with van der Waals surface area (Å²) in [7, 11) is 0. The van der Waals surface area contributed by atoms with E-state index in [2.05, 4.69) is 0 Å². The molecule has 3 atom stereocenters. The van der Waals surface area contributed by atoms with E-state index in [1.807, 2.05) is 48.5 Å². The minimum atomic E-state index is -0.536. The number of rotatable bonds is 7. The average molecular weight is 497 g/mol. The van der Waals surface area contributed by atoms with Crippen molar-refractivity contribution in [3.63, 3.8) is 0 Å². The van der Waals surface area contributed by atoms with Crippen molar-refractivity contribution >= 4 is 22.6 Å². The summed E-state index contributed by atoms with van der Waals surface area (Å²) < 4.78 is 32.1. The molecule has 0 bridgehead atoms. The number of benzene rings is 3. The van der Waals surface area contributed by atoms with Crippen molar-refractivity contribution in [2.75, 3.05) is 6.61 Å². The highest BCUT2D eigenvalue weighted by Gasteiger charge is 2.29. The maximum absolute atomic E-state index is 14.8. The van der Waals surface area contributed by atoms with Gasteiger partial charge < -0.3 is 24.1 Å². The predicted molar refractivity (Wildman–Crippen MR) is 131 cm³/mol. The summed E-state index contributed by atoms with van der Waals surface area (Å²) in [5, 5.41) is 21.1. The quantitative estimate of drug-likeness (QED) is 0.330. The smallest absolute Gasteiger partial charge is 0.165 e. The van der Waals surface area contributed by atoms with Gasteiger partial charge in [0.15, 0.2) is 11.6 Å². The van der Waals surface area contributed by atoms with Crippen molar-refractivity contribution in [2.24, 2.45) is 0 Å². The molecular formula is C28H26ClFO5. The van der Waals surface area contributed by atoms with Crippen LogP contribution in [0.25, 0.3) is 11.0 Å². The molecule has 35 heavy (non-hydrogen) atoms. The van der Waals surface area contributed by atoms with Crippen LogP contribution in [0, 0.1) is 5.82 Å². The fourth-order valence-corrected chi connectivity index (χ4v) is 4.69. The van der Waals surface area contributed by atoms with Gasteiger partial charge in [-0.2, -0.15) is 0 Å². The SMILES string of the molecule is OCC1CC(O)CC(c2ccc(Cl)c(Cc3ccc(OCc4cc5ccccc5o4)c(F)c3)c2)O1. The molecule has 7 heteroatoms. The third-order valence-electron chi connectivity index (χ3n) is 6.26. The van der Waals surface area contributed by atoms with Gasteiger partial charge in [0.05, 0.1) is 24.9 Å². The Morgan fingerprint density at radius 2 is 1.89 bits per heavy atom. The maximum atomic E-state index is 14.8. The van der Waals surface area contributed by atoms with E-state index in [4.69, 9.17) is 25.5 Å². The highest BCUT2D eigenvalue weighted by atomic mass is 35.5. The Hall–Kier alpha value is -2.90. The largest absolute Gasteiger partial charge is 0.483 e. The molecule has 3 unspecified atom stereocenters. The van der Waals surface area contributed by atoms with E-state index in [1.54, 1.807) is 12.1 Å². The Labute approximate surface area is 207 Å². The summed E-state index contributed by atoms with van der Waals surface area (Å²) in [5.74, 6) is 0.306. The lowest BCUT2D eigenvalue weighted by atomic mass is 9.94. The molecule has 0 radical (unpaired) electrons. The van der Waals surface area contributed by atoms with Crippen molar-refractivity contribution in [1.29, 1.82) is 0 Å². The van der Waals surface area contributed by atoms with Crippen LogP contribution in [-0.2, 0) is 17.8 Å². The number of halogens is 2. The van der Waals surface area contributed by atoms with Crippen LogP contribution in [0.2, 0.25) is 5.02 Å². The Morgan fingerprint density at radius 1 is 1.03 bits per heavy atom. The minimum Gasteiger partial charge on any atom is -0.483 e. The lowest BCUT2D eigenvalue weighted by molar-refractivity contribution is -0.113. The highest BCUT2D eigenvalue weighted by Crippen LogP contribution is 2.34. The molecule has 0 aliphatic carbocycles. The van der Waals surface area contributed by atoms with E-state index in [-0.39, 0.29) is 25.1 Å². The summed E-state index contributed by atoms with van der Waals surface area (Å²) in [6.07, 6.45) is 0.0144. The topological polar surface area (TPSA) is 72.1 Å². The van der Waals surface area contributed by atoms with Gasteiger partial charge in [-0.15, -0.1) is 0 Å². The number of aliphatic hydroxyl groups is 2. The summed E-state index contributed by atoms with van der Waals surface area (Å²) in [5.41, 5.74) is 3.20. The van der Waals surface area contributed by atoms with Crippen LogP contribution in [-0.4, -0.2) is 29.0 Å². The van der Waals surface area contributed by atoms with E-state index >= 15 is 0 Å². The van der Waals surface area contributed by atoms with Crippen LogP contribution in [0.5, 0.6) is 5.75 Å². The summed E-state index contributed by atoms with van der Waals surface area (Å²) >= 11 is 6.43. The molecule has 0 spiro atoms. The lowest BCUT2D eigenvalue weighted by Crippen LogP contribution is -2.33. The van der Waals surface area contributed by atoms with Gasteiger partial charge in [0.2, 0.25) is 0 Å². The van der Waals surface area contributed by atoms with Gasteiger partial charge in [0.25, 0.3) is 0 Å². The summed E-state index contributed by atoms with van der Waals surface area (Å²) in [6.45, 7) is -0.0149. The standard InChI is InChI=1S/C28H26ClFO5/c29-24-7-6-19(28-14-21(32)13-22(15-31)34-28)11-20(24)9-17-5-8-27(25(30)10-17)33-16-23-12-18-3-1-2-4-26(18)35-23/h1-8,10-12,21-22,28,31-32H,9,13-16H2. The molecular weight excluding hydrogens is 471 g/mol. The Balaban J connectivity index is 1.27. The number of aliphatic hydroxyl groups excluding tert-OH is 2. The van der Waals surface area contributed by atoms with Crippen molar-refractivity contribution in [1.82, 2.24) is 0 Å². The second-order valence-electron chi connectivity index (χ2n) is 8.89. The first-order chi connectivity index (χ1) is 17.0. The number of hydrogen-bond donors (Lipinski definition) is 2. The van der Waals surface area contributed by atoms with Crippen molar-refractivity contribution in [3.05, 3.63) is 100 Å². The van der Waals surface area contributed by atoms with Crippen LogP contribution in [0.4, 0.5) is 4.39 Å². The highest BCUT2D eigenvalue weighted by molar-refractivity contribution is 6.31. The van der Waals surface area contributed by atoms with Crippen LogP contribution in [0.15, 0.2) is 71.1 Å². The number of para-hydroxylation sites is 1. The first kappa shape index (κ1) is 23.8. The van der Waals surface area contributed by atoms with Crippen LogP contribution < -0.4 is 4.74 Å². The molecule has 1 fully saturated rings. The second kappa shape index (κ2) is 10.4. The molecule has 1 saturated heterocycles. The number of hydrogen-bond acceptors (Lipinski definition) is 5. The second-order valence-corrected chi connectivity index (χ2v) is 9.29. The zero-order chi connectivity index (χ0) is 24.4. The van der Waals surface area contributed by atoms with Crippen molar-refractivity contribution in [2.45, 2.75) is 44.2 Å². The van der Waals surface area contributed by atoms with Crippen LogP contribution in [0.3, 0.4) is 0 Å². The fourth-order valence-electron chi connectivity index (χ4n) is 4.50. The first-order valence-electron chi connectivity index (χ1n) is 11.6. The van der Waals surface area contributed by atoms with Crippen LogP contribution >= 0.6 is 11.6 Å². The van der Waals surface area contributed by atoms with Gasteiger partial charge in [0.1, 0.15) is 18.0 Å². The predicted octanol–water partition coefficient (Wildman–Crippen LogP) is 5.97. The Morgan fingerprint density at radius 3 is 2.69 bits per heavy atom. The number of fused-ring (bicyclic) bond motifs is 1. The maximum Gasteiger partial charge on any atom is 0.165 e. The van der Waals surface area contributed by atoms with E-state index in [1.165, 1.54) is 6.07 Å². The molecule has 3 aromatic carbocycles. The van der Waals surface area contributed by atoms with E-state index < -0.39 is 18.0 Å². The fraction of sp³-hybridized carbons (Fsp3) is 0.286. The van der Waals surface area contributed by atoms with Crippen LogP contribution in [0.1, 0.15) is 41.4 Å². The summed E-state index contributed by atoms with van der Waals surface area (Å²) in [4.78, 5) is 0. The van der Waals surface area contributed by atoms with Gasteiger partial charge in [-0.25, -0.2) is 4.39 Å². The average Bonchev–Trinajstić information content (AvgIpc) is 3.27. The molecule has 2 heterocycles. The molecule has 182 valence electrons. The normalized spacial score (nSPS) is 20.3. The first-order valence-corrected chi connectivity index (χ1v) is 12.0. The molecule has 1 aliphatic rings. The van der Waals surface area contributed by atoms with Gasteiger partial charge in [-0.1, -0.05) is 48.0 Å². The minimum absolute atomic E-state index is 0.126. The molecule has 1 aromatic heterocycles. The van der Waals surface area contributed by atoms with Gasteiger partial charge in [0, 0.05) is 23.3 Å². The van der Waals surface area contributed by atoms with E-state index in [0.29, 0.717) is 30.0 Å². The Bertz CT molecular complexity index is 1290. The summed E-state index contributed by atoms with van der Waals surface area (Å²) in [6, 6.07) is 20.0. The lowest BCUT2D eigenvalue weighted by Gasteiger charge is -2.32. The monoisotopic (exact) mass is 496 g/mol. The number of ether oxygens (including phenoxy) is 2. The molecule has 0 amide bonds. The molecule has 0 saturated carbocycles. The van der Waals surface area contributed by atoms with E-state index in [9.17, 15) is 14.6 Å². The van der Waals surface area contributed by atoms with Gasteiger partial charge in [-0.05, 0) is 53.4 Å². The van der Waals surface area contributed by atoms with Crippen molar-refractivity contribution in [3.8, 4) is 5.75 Å². The molecule has 5 nitrogen and oxygen atoms in total. The van der Waals surface area contributed by atoms with E-state index in [0.717, 1.165) is 27.7 Å².